The number of aromatic nitrogens is 3. The van der Waals surface area contributed by atoms with E-state index in [2.05, 4.69) is 10.1 Å². The number of carbonyl (C=O) groups is 1. The second kappa shape index (κ2) is 8.81. The summed E-state index contributed by atoms with van der Waals surface area (Å²) in [4.78, 5) is 17.9. The molecule has 1 aromatic carbocycles. The number of likely N-dealkylation sites (tertiary alicyclic amines) is 1. The maximum Gasteiger partial charge on any atom is 0.417 e. The summed E-state index contributed by atoms with van der Waals surface area (Å²) in [6.45, 7) is 1.20. The Morgan fingerprint density at radius 3 is 2.25 bits per heavy atom. The Bertz CT molecular complexity index is 1040. The van der Waals surface area contributed by atoms with E-state index in [1.165, 1.54) is 18.5 Å². The average molecular weight is 472 g/mol. The predicted molar refractivity (Wildman–Crippen MR) is 108 cm³/mol. The number of carbonyl (C=O) groups excluding carboxylic acids is 1. The van der Waals surface area contributed by atoms with Crippen molar-refractivity contribution in [3.8, 4) is 0 Å². The molecular formula is C20H24F3N5O3S. The molecule has 0 N–H and O–H groups in total. The fourth-order valence-electron chi connectivity index (χ4n) is 4.42. The standard InChI is InChI=1S/C20H24F3N5O3S/c21-20(22,23)17-3-1-2-4-18(17)32(30,31)27-11-5-15(6-12-27)19(29)26-9-7-16(8-10-26)28-14-24-13-25-28/h1-4,13-16H,5-12H2. The normalized spacial score (nSPS) is 19.9. The molecular weight excluding hydrogens is 447 g/mol. The van der Waals surface area contributed by atoms with Crippen molar-refractivity contribution in [2.24, 2.45) is 5.92 Å². The molecule has 2 saturated heterocycles. The number of amides is 1. The molecule has 4 rings (SSSR count). The monoisotopic (exact) mass is 471 g/mol. The molecule has 0 radical (unpaired) electrons. The van der Waals surface area contributed by atoms with Crippen LogP contribution in [-0.2, 0) is 21.0 Å². The number of benzene rings is 1. The first kappa shape index (κ1) is 22.7. The molecule has 0 atom stereocenters. The third kappa shape index (κ3) is 4.51. The number of nitrogens with zero attached hydrogens (tertiary/aromatic N) is 5. The Morgan fingerprint density at radius 1 is 1.00 bits per heavy atom. The van der Waals surface area contributed by atoms with Gasteiger partial charge in [0.1, 0.15) is 12.7 Å². The smallest absolute Gasteiger partial charge is 0.342 e. The Morgan fingerprint density at radius 2 is 1.66 bits per heavy atom. The summed E-state index contributed by atoms with van der Waals surface area (Å²) in [5, 5.41) is 4.15. The van der Waals surface area contributed by atoms with E-state index in [1.807, 2.05) is 0 Å². The molecule has 8 nitrogen and oxygen atoms in total. The Balaban J connectivity index is 1.37. The van der Waals surface area contributed by atoms with E-state index in [0.717, 1.165) is 29.3 Å². The summed E-state index contributed by atoms with van der Waals surface area (Å²) >= 11 is 0. The van der Waals surface area contributed by atoms with Crippen LogP contribution in [0.15, 0.2) is 41.8 Å². The lowest BCUT2D eigenvalue weighted by Crippen LogP contribution is -2.46. The summed E-state index contributed by atoms with van der Waals surface area (Å²) < 4.78 is 68.5. The Labute approximate surface area is 184 Å². The highest BCUT2D eigenvalue weighted by atomic mass is 32.2. The highest BCUT2D eigenvalue weighted by Crippen LogP contribution is 2.36. The number of rotatable bonds is 4. The SMILES string of the molecule is O=C(C1CCN(S(=O)(=O)c2ccccc2C(F)(F)F)CC1)N1CCC(n2cncn2)CC1. The molecule has 174 valence electrons. The average Bonchev–Trinajstić information content (AvgIpc) is 3.33. The van der Waals surface area contributed by atoms with Gasteiger partial charge in [-0.2, -0.15) is 22.6 Å². The van der Waals surface area contributed by atoms with Gasteiger partial charge in [0.15, 0.2) is 0 Å². The molecule has 0 bridgehead atoms. The molecule has 0 aliphatic carbocycles. The van der Waals surface area contributed by atoms with Gasteiger partial charge in [-0.15, -0.1) is 0 Å². The number of alkyl halides is 3. The van der Waals surface area contributed by atoms with Gasteiger partial charge >= 0.3 is 6.18 Å². The van der Waals surface area contributed by atoms with Crippen molar-refractivity contribution in [2.45, 2.75) is 42.8 Å². The van der Waals surface area contributed by atoms with Crippen LogP contribution in [0.4, 0.5) is 13.2 Å². The van der Waals surface area contributed by atoms with Gasteiger partial charge in [-0.05, 0) is 37.8 Å². The molecule has 0 unspecified atom stereocenters. The van der Waals surface area contributed by atoms with Crippen LogP contribution < -0.4 is 0 Å². The van der Waals surface area contributed by atoms with Gasteiger partial charge in [-0.25, -0.2) is 18.1 Å². The van der Waals surface area contributed by atoms with Gasteiger partial charge < -0.3 is 4.90 Å². The molecule has 1 amide bonds. The second-order valence-corrected chi connectivity index (χ2v) is 10.0. The van der Waals surface area contributed by atoms with Crippen LogP contribution in [0.5, 0.6) is 0 Å². The van der Waals surface area contributed by atoms with E-state index in [-0.39, 0.29) is 43.8 Å². The fraction of sp³-hybridized carbons (Fsp3) is 0.550. The third-order valence-electron chi connectivity index (χ3n) is 6.20. The fourth-order valence-corrected chi connectivity index (χ4v) is 6.10. The first-order chi connectivity index (χ1) is 15.2. The molecule has 2 aliphatic rings. The maximum atomic E-state index is 13.3. The van der Waals surface area contributed by atoms with Crippen molar-refractivity contribution in [1.29, 1.82) is 0 Å². The van der Waals surface area contributed by atoms with Crippen molar-refractivity contribution in [3.63, 3.8) is 0 Å². The van der Waals surface area contributed by atoms with Crippen LogP contribution in [0.2, 0.25) is 0 Å². The van der Waals surface area contributed by atoms with Crippen LogP contribution in [0.25, 0.3) is 0 Å². The van der Waals surface area contributed by atoms with Crippen molar-refractivity contribution in [1.82, 2.24) is 24.0 Å². The van der Waals surface area contributed by atoms with E-state index in [9.17, 15) is 26.4 Å². The van der Waals surface area contributed by atoms with Gasteiger partial charge in [0, 0.05) is 32.1 Å². The van der Waals surface area contributed by atoms with Crippen molar-refractivity contribution < 1.29 is 26.4 Å². The largest absolute Gasteiger partial charge is 0.417 e. The quantitative estimate of drug-likeness (QED) is 0.684. The summed E-state index contributed by atoms with van der Waals surface area (Å²) in [6, 6.07) is 4.39. The van der Waals surface area contributed by atoms with Crippen LogP contribution >= 0.6 is 0 Å². The van der Waals surface area contributed by atoms with Crippen molar-refractivity contribution in [2.75, 3.05) is 26.2 Å². The van der Waals surface area contributed by atoms with E-state index in [0.29, 0.717) is 13.1 Å². The zero-order valence-corrected chi connectivity index (χ0v) is 18.1. The van der Waals surface area contributed by atoms with Crippen LogP contribution in [0.1, 0.15) is 37.3 Å². The first-order valence-corrected chi connectivity index (χ1v) is 11.9. The number of sulfonamides is 1. The number of piperidine rings is 2. The van der Waals surface area contributed by atoms with Gasteiger partial charge in [0.05, 0.1) is 16.5 Å². The Hall–Kier alpha value is -2.47. The van der Waals surface area contributed by atoms with Gasteiger partial charge in [0.2, 0.25) is 15.9 Å². The topological polar surface area (TPSA) is 88.4 Å². The molecule has 32 heavy (non-hydrogen) atoms. The van der Waals surface area contributed by atoms with Crippen LogP contribution in [-0.4, -0.2) is 64.5 Å². The highest BCUT2D eigenvalue weighted by molar-refractivity contribution is 7.89. The van der Waals surface area contributed by atoms with E-state index in [1.54, 1.807) is 15.9 Å². The van der Waals surface area contributed by atoms with Crippen molar-refractivity contribution >= 4 is 15.9 Å². The number of halogens is 3. The number of hydrogen-bond acceptors (Lipinski definition) is 5. The lowest BCUT2D eigenvalue weighted by Gasteiger charge is -2.37. The molecule has 3 heterocycles. The summed E-state index contributed by atoms with van der Waals surface area (Å²) in [6.07, 6.45) is 0.468. The molecule has 12 heteroatoms. The van der Waals surface area contributed by atoms with E-state index >= 15 is 0 Å². The van der Waals surface area contributed by atoms with Crippen LogP contribution in [0, 0.1) is 5.92 Å². The third-order valence-corrected chi connectivity index (χ3v) is 8.16. The lowest BCUT2D eigenvalue weighted by molar-refractivity contribution is -0.140. The molecule has 2 fully saturated rings. The van der Waals surface area contributed by atoms with Crippen molar-refractivity contribution in [3.05, 3.63) is 42.5 Å². The highest BCUT2D eigenvalue weighted by Gasteiger charge is 2.40. The van der Waals surface area contributed by atoms with Gasteiger partial charge in [0.25, 0.3) is 0 Å². The summed E-state index contributed by atoms with van der Waals surface area (Å²) in [5.41, 5.74) is -1.17. The van der Waals surface area contributed by atoms with E-state index < -0.39 is 26.7 Å². The van der Waals surface area contributed by atoms with Gasteiger partial charge in [-0.3, -0.25) is 4.79 Å². The summed E-state index contributed by atoms with van der Waals surface area (Å²) in [5.74, 6) is -0.350. The van der Waals surface area contributed by atoms with Crippen LogP contribution in [0.3, 0.4) is 0 Å². The molecule has 2 aromatic rings. The second-order valence-electron chi connectivity index (χ2n) is 8.10. The maximum absolute atomic E-state index is 13.3. The van der Waals surface area contributed by atoms with Gasteiger partial charge in [-0.1, -0.05) is 12.1 Å². The Kier molecular flexibility index (Phi) is 6.26. The minimum absolute atomic E-state index is 0.0142. The lowest BCUT2D eigenvalue weighted by atomic mass is 9.95. The summed E-state index contributed by atoms with van der Waals surface area (Å²) in [7, 11) is -4.31. The molecule has 1 aromatic heterocycles. The van der Waals surface area contributed by atoms with E-state index in [4.69, 9.17) is 0 Å². The zero-order valence-electron chi connectivity index (χ0n) is 17.3. The predicted octanol–water partition coefficient (Wildman–Crippen LogP) is 2.56. The molecule has 0 saturated carbocycles. The minimum atomic E-state index is -4.77. The minimum Gasteiger partial charge on any atom is -0.342 e. The zero-order chi connectivity index (χ0) is 22.9. The number of hydrogen-bond donors (Lipinski definition) is 0. The molecule has 2 aliphatic heterocycles. The molecule has 0 spiro atoms. The first-order valence-electron chi connectivity index (χ1n) is 10.5.